The van der Waals surface area contributed by atoms with E-state index >= 15 is 0 Å². The number of nitrogens with one attached hydrogen (secondary N) is 1. The van der Waals surface area contributed by atoms with E-state index in [9.17, 15) is 19.3 Å². The van der Waals surface area contributed by atoms with Crippen LogP contribution >= 0.6 is 11.8 Å². The molecular weight excluding hydrogens is 343 g/mol. The van der Waals surface area contributed by atoms with Crippen molar-refractivity contribution in [2.24, 2.45) is 0 Å². The third kappa shape index (κ3) is 4.24. The van der Waals surface area contributed by atoms with E-state index in [0.29, 0.717) is 5.56 Å². The highest BCUT2D eigenvalue weighted by Crippen LogP contribution is 2.36. The van der Waals surface area contributed by atoms with Gasteiger partial charge >= 0.3 is 0 Å². The van der Waals surface area contributed by atoms with Crippen LogP contribution < -0.4 is 5.32 Å². The molecule has 0 fully saturated rings. The lowest BCUT2D eigenvalue weighted by atomic mass is 10.0. The molecule has 0 spiro atoms. The van der Waals surface area contributed by atoms with Crippen LogP contribution in [0.1, 0.15) is 23.6 Å². The van der Waals surface area contributed by atoms with Gasteiger partial charge in [-0.05, 0) is 41.8 Å². The fourth-order valence-electron chi connectivity index (χ4n) is 2.65. The fraction of sp³-hybridized carbons (Fsp3) is 0.167. The molecule has 0 saturated carbocycles. The molecule has 1 aliphatic rings. The summed E-state index contributed by atoms with van der Waals surface area (Å²) in [4.78, 5) is 23.4. The average Bonchev–Trinajstić information content (AvgIpc) is 2.61. The van der Waals surface area contributed by atoms with Crippen LogP contribution in [0.5, 0.6) is 0 Å². The molecule has 1 N–H and O–H groups in total. The molecule has 7 heteroatoms. The number of benzene rings is 2. The number of non-ortho nitro benzene ring substituents is 1. The molecule has 1 amide bonds. The summed E-state index contributed by atoms with van der Waals surface area (Å²) >= 11 is 1.64. The summed E-state index contributed by atoms with van der Waals surface area (Å²) in [5, 5.41) is 13.6. The van der Waals surface area contributed by atoms with Gasteiger partial charge in [-0.3, -0.25) is 14.9 Å². The first kappa shape index (κ1) is 17.2. The summed E-state index contributed by atoms with van der Waals surface area (Å²) in [7, 11) is 0. The van der Waals surface area contributed by atoms with Gasteiger partial charge in [0, 0.05) is 28.9 Å². The Morgan fingerprint density at radius 3 is 2.96 bits per heavy atom. The Hall–Kier alpha value is -2.67. The SMILES string of the molecule is O=C(/C=C/c1cccc([N+](=O)[O-])c1)NC1CCSc2ccc(F)cc21. The Bertz CT molecular complexity index is 854. The number of hydrogen-bond acceptors (Lipinski definition) is 4. The monoisotopic (exact) mass is 358 g/mol. The molecule has 0 saturated heterocycles. The van der Waals surface area contributed by atoms with Crippen LogP contribution in [0.2, 0.25) is 0 Å². The Labute approximate surface area is 148 Å². The van der Waals surface area contributed by atoms with Gasteiger partial charge in [-0.2, -0.15) is 0 Å². The number of thioether (sulfide) groups is 1. The Balaban J connectivity index is 1.70. The first-order valence-electron chi connectivity index (χ1n) is 7.68. The number of carbonyl (C=O) groups is 1. The number of carbonyl (C=O) groups excluding carboxylic acids is 1. The number of halogens is 1. The van der Waals surface area contributed by atoms with E-state index in [0.717, 1.165) is 22.6 Å². The zero-order valence-corrected chi connectivity index (χ0v) is 14.0. The number of nitro benzene ring substituents is 1. The van der Waals surface area contributed by atoms with Crippen LogP contribution in [0.25, 0.3) is 6.08 Å². The molecule has 5 nitrogen and oxygen atoms in total. The number of fused-ring (bicyclic) bond motifs is 1. The van der Waals surface area contributed by atoms with Crippen LogP contribution in [-0.4, -0.2) is 16.6 Å². The van der Waals surface area contributed by atoms with E-state index in [2.05, 4.69) is 5.32 Å². The minimum absolute atomic E-state index is 0.0312. The fourth-order valence-corrected chi connectivity index (χ4v) is 3.75. The summed E-state index contributed by atoms with van der Waals surface area (Å²) in [6.07, 6.45) is 3.57. The van der Waals surface area contributed by atoms with E-state index in [1.54, 1.807) is 30.0 Å². The number of amides is 1. The van der Waals surface area contributed by atoms with E-state index in [4.69, 9.17) is 0 Å². The normalized spacial score (nSPS) is 16.4. The van der Waals surface area contributed by atoms with Crippen molar-refractivity contribution in [1.29, 1.82) is 0 Å². The molecule has 25 heavy (non-hydrogen) atoms. The Kier molecular flexibility index (Phi) is 5.14. The standard InChI is InChI=1S/C18H15FN2O3S/c19-13-5-6-17-15(11-13)16(8-9-25-17)20-18(22)7-4-12-2-1-3-14(10-12)21(23)24/h1-7,10-11,16H,8-9H2,(H,20,22)/b7-4+. The first-order chi connectivity index (χ1) is 12.0. The van der Waals surface area contributed by atoms with Crippen LogP contribution in [0.4, 0.5) is 10.1 Å². The molecule has 1 heterocycles. The van der Waals surface area contributed by atoms with Crippen molar-refractivity contribution in [3.05, 3.63) is 75.6 Å². The molecule has 2 aromatic carbocycles. The van der Waals surface area contributed by atoms with Gasteiger partial charge in [0.15, 0.2) is 0 Å². The van der Waals surface area contributed by atoms with Crippen LogP contribution in [-0.2, 0) is 4.79 Å². The molecule has 1 unspecified atom stereocenters. The summed E-state index contributed by atoms with van der Waals surface area (Å²) in [6.45, 7) is 0. The van der Waals surface area contributed by atoms with Crippen molar-refractivity contribution in [1.82, 2.24) is 5.32 Å². The maximum atomic E-state index is 13.5. The van der Waals surface area contributed by atoms with Crippen molar-refractivity contribution in [3.63, 3.8) is 0 Å². The Morgan fingerprint density at radius 1 is 1.32 bits per heavy atom. The molecular formula is C18H15FN2O3S. The lowest BCUT2D eigenvalue weighted by Gasteiger charge is -2.25. The van der Waals surface area contributed by atoms with Crippen molar-refractivity contribution in [3.8, 4) is 0 Å². The van der Waals surface area contributed by atoms with Crippen molar-refractivity contribution in [2.45, 2.75) is 17.4 Å². The molecule has 0 aliphatic carbocycles. The smallest absolute Gasteiger partial charge is 0.270 e. The average molecular weight is 358 g/mol. The topological polar surface area (TPSA) is 72.2 Å². The van der Waals surface area contributed by atoms with E-state index in [1.807, 2.05) is 0 Å². The van der Waals surface area contributed by atoms with Gasteiger partial charge < -0.3 is 5.32 Å². The molecule has 0 bridgehead atoms. The number of hydrogen-bond donors (Lipinski definition) is 1. The maximum Gasteiger partial charge on any atom is 0.270 e. The van der Waals surface area contributed by atoms with Crippen LogP contribution in [0.3, 0.4) is 0 Å². The second-order valence-corrected chi connectivity index (χ2v) is 6.70. The lowest BCUT2D eigenvalue weighted by molar-refractivity contribution is -0.384. The summed E-state index contributed by atoms with van der Waals surface area (Å²) in [6, 6.07) is 10.4. The predicted molar refractivity (Wildman–Crippen MR) is 94.8 cm³/mol. The van der Waals surface area contributed by atoms with Gasteiger partial charge in [-0.1, -0.05) is 12.1 Å². The van der Waals surface area contributed by atoms with Gasteiger partial charge in [0.2, 0.25) is 5.91 Å². The van der Waals surface area contributed by atoms with Gasteiger partial charge in [0.05, 0.1) is 11.0 Å². The maximum absolute atomic E-state index is 13.5. The van der Waals surface area contributed by atoms with Crippen LogP contribution in [0, 0.1) is 15.9 Å². The van der Waals surface area contributed by atoms with Gasteiger partial charge in [0.25, 0.3) is 5.69 Å². The highest BCUT2D eigenvalue weighted by molar-refractivity contribution is 7.99. The zero-order valence-electron chi connectivity index (χ0n) is 13.1. The molecule has 1 aliphatic heterocycles. The van der Waals surface area contributed by atoms with Crippen LogP contribution in [0.15, 0.2) is 53.4 Å². The molecule has 2 aromatic rings. The van der Waals surface area contributed by atoms with E-state index in [-0.39, 0.29) is 23.5 Å². The van der Waals surface area contributed by atoms with Gasteiger partial charge in [-0.25, -0.2) is 4.39 Å². The Morgan fingerprint density at radius 2 is 2.16 bits per heavy atom. The third-order valence-corrected chi connectivity index (χ3v) is 4.96. The first-order valence-corrected chi connectivity index (χ1v) is 8.67. The van der Waals surface area contributed by atoms with E-state index < -0.39 is 4.92 Å². The minimum Gasteiger partial charge on any atom is -0.346 e. The molecule has 3 rings (SSSR count). The highest BCUT2D eigenvalue weighted by atomic mass is 32.2. The second-order valence-electron chi connectivity index (χ2n) is 5.57. The zero-order chi connectivity index (χ0) is 17.8. The second kappa shape index (κ2) is 7.48. The van der Waals surface area contributed by atoms with Gasteiger partial charge in [-0.15, -0.1) is 11.8 Å². The third-order valence-electron chi connectivity index (χ3n) is 3.84. The highest BCUT2D eigenvalue weighted by Gasteiger charge is 2.22. The predicted octanol–water partition coefficient (Wildman–Crippen LogP) is 4.10. The van der Waals surface area contributed by atoms with Gasteiger partial charge in [0.1, 0.15) is 5.82 Å². The molecule has 0 radical (unpaired) electrons. The molecule has 128 valence electrons. The summed E-state index contributed by atoms with van der Waals surface area (Å²) < 4.78 is 13.5. The largest absolute Gasteiger partial charge is 0.346 e. The van der Waals surface area contributed by atoms with Crippen molar-refractivity contribution in [2.75, 3.05) is 5.75 Å². The molecule has 0 aromatic heterocycles. The summed E-state index contributed by atoms with van der Waals surface area (Å²) in [5.41, 5.74) is 1.32. The lowest BCUT2D eigenvalue weighted by Crippen LogP contribution is -2.29. The number of rotatable bonds is 4. The minimum atomic E-state index is -0.484. The molecule has 1 atom stereocenters. The summed E-state index contributed by atoms with van der Waals surface area (Å²) in [5.74, 6) is 0.198. The van der Waals surface area contributed by atoms with E-state index in [1.165, 1.54) is 36.4 Å². The number of nitrogens with zero attached hydrogens (tertiary/aromatic N) is 1. The quantitative estimate of drug-likeness (QED) is 0.507. The number of nitro groups is 1. The van der Waals surface area contributed by atoms with Crippen molar-refractivity contribution >= 4 is 29.4 Å². The van der Waals surface area contributed by atoms with Crippen molar-refractivity contribution < 1.29 is 14.1 Å².